The first-order chi connectivity index (χ1) is 14.4. The molecule has 0 fully saturated rings. The van der Waals surface area contributed by atoms with Crippen LogP contribution in [0.2, 0.25) is 10.0 Å². The van der Waals surface area contributed by atoms with Gasteiger partial charge in [0.05, 0.1) is 36.4 Å². The molecule has 0 saturated carbocycles. The van der Waals surface area contributed by atoms with E-state index in [1.165, 1.54) is 12.1 Å². The first-order valence-electron chi connectivity index (χ1n) is 9.28. The van der Waals surface area contributed by atoms with E-state index in [0.29, 0.717) is 39.2 Å². The maximum atomic E-state index is 13.3. The Morgan fingerprint density at radius 3 is 2.17 bits per heavy atom. The zero-order valence-electron chi connectivity index (χ0n) is 16.5. The third kappa shape index (κ3) is 5.36. The van der Waals surface area contributed by atoms with Crippen LogP contribution in [0.1, 0.15) is 29.7 Å². The third-order valence-electron chi connectivity index (χ3n) is 4.78. The molecule has 30 heavy (non-hydrogen) atoms. The van der Waals surface area contributed by atoms with Crippen LogP contribution in [0.4, 0.5) is 10.1 Å². The van der Waals surface area contributed by atoms with Gasteiger partial charge in [-0.1, -0.05) is 35.3 Å². The Balaban J connectivity index is 1.89. The molecule has 3 aromatic carbocycles. The molecule has 2 unspecified atom stereocenters. The van der Waals surface area contributed by atoms with E-state index in [-0.39, 0.29) is 11.9 Å². The summed E-state index contributed by atoms with van der Waals surface area (Å²) in [4.78, 5) is 0. The van der Waals surface area contributed by atoms with Crippen LogP contribution < -0.4 is 14.8 Å². The molecule has 2 N–H and O–H groups in total. The average molecular weight is 450 g/mol. The predicted octanol–water partition coefficient (Wildman–Crippen LogP) is 6.43. The fourth-order valence-corrected chi connectivity index (χ4v) is 3.48. The van der Waals surface area contributed by atoms with Crippen molar-refractivity contribution in [2.75, 3.05) is 19.5 Å². The number of halogens is 3. The molecule has 0 spiro atoms. The summed E-state index contributed by atoms with van der Waals surface area (Å²) in [6.07, 6.45) is -0.484. The maximum Gasteiger partial charge on any atom is 0.161 e. The van der Waals surface area contributed by atoms with Crippen molar-refractivity contribution in [2.24, 2.45) is 0 Å². The van der Waals surface area contributed by atoms with Crippen molar-refractivity contribution in [3.63, 3.8) is 0 Å². The monoisotopic (exact) mass is 449 g/mol. The van der Waals surface area contributed by atoms with Crippen LogP contribution in [-0.4, -0.2) is 19.3 Å². The van der Waals surface area contributed by atoms with E-state index in [2.05, 4.69) is 5.32 Å². The minimum absolute atomic E-state index is 0.312. The smallest absolute Gasteiger partial charge is 0.161 e. The van der Waals surface area contributed by atoms with Crippen LogP contribution in [0, 0.1) is 5.82 Å². The van der Waals surface area contributed by atoms with Crippen molar-refractivity contribution in [3.8, 4) is 11.5 Å². The molecule has 0 aliphatic rings. The Morgan fingerprint density at radius 2 is 1.53 bits per heavy atom. The first-order valence-corrected chi connectivity index (χ1v) is 10.0. The number of anilines is 1. The lowest BCUT2D eigenvalue weighted by molar-refractivity contribution is 0.160. The van der Waals surface area contributed by atoms with Crippen molar-refractivity contribution in [1.82, 2.24) is 0 Å². The summed E-state index contributed by atoms with van der Waals surface area (Å²) in [5.74, 6) is 0.794. The Bertz CT molecular complexity index is 998. The van der Waals surface area contributed by atoms with E-state index in [1.54, 1.807) is 56.7 Å². The van der Waals surface area contributed by atoms with Gasteiger partial charge in [-0.15, -0.1) is 0 Å². The van der Waals surface area contributed by atoms with Crippen molar-refractivity contribution >= 4 is 28.9 Å². The molecule has 0 saturated heterocycles. The SMILES string of the molecule is COc1ccc(C(O)CC(Nc2ccc(F)cc2)c2ccc(Cl)c(Cl)c2)cc1OC. The molecular formula is C23H22Cl2FNO3. The second kappa shape index (κ2) is 10.0. The van der Waals surface area contributed by atoms with Crippen LogP contribution in [0.3, 0.4) is 0 Å². The Kier molecular flexibility index (Phi) is 7.43. The topological polar surface area (TPSA) is 50.7 Å². The molecule has 0 radical (unpaired) electrons. The van der Waals surface area contributed by atoms with Crippen molar-refractivity contribution in [2.45, 2.75) is 18.6 Å². The van der Waals surface area contributed by atoms with Gasteiger partial charge in [-0.05, 0) is 59.7 Å². The molecule has 4 nitrogen and oxygen atoms in total. The number of methoxy groups -OCH3 is 2. The lowest BCUT2D eigenvalue weighted by Crippen LogP contribution is -2.15. The highest BCUT2D eigenvalue weighted by molar-refractivity contribution is 6.42. The Hall–Kier alpha value is -2.47. The second-order valence-corrected chi connectivity index (χ2v) is 7.56. The quantitative estimate of drug-likeness (QED) is 0.416. The average Bonchev–Trinajstić information content (AvgIpc) is 2.76. The summed E-state index contributed by atoms with van der Waals surface area (Å²) >= 11 is 12.3. The van der Waals surface area contributed by atoms with Gasteiger partial charge in [0.1, 0.15) is 5.82 Å². The van der Waals surface area contributed by atoms with E-state index in [4.69, 9.17) is 32.7 Å². The number of aliphatic hydroxyl groups is 1. The standard InChI is InChI=1S/C23H22Cl2FNO3/c1-29-22-10-4-15(12-23(22)30-2)21(28)13-20(14-3-9-18(24)19(25)11-14)27-17-7-5-16(26)6-8-17/h3-12,20-21,27-28H,13H2,1-2H3. The van der Waals surface area contributed by atoms with E-state index in [9.17, 15) is 9.50 Å². The normalized spacial score (nSPS) is 12.9. The third-order valence-corrected chi connectivity index (χ3v) is 5.52. The number of benzene rings is 3. The second-order valence-electron chi connectivity index (χ2n) is 6.74. The summed E-state index contributed by atoms with van der Waals surface area (Å²) in [6.45, 7) is 0. The molecule has 0 bridgehead atoms. The van der Waals surface area contributed by atoms with E-state index < -0.39 is 6.10 Å². The molecular weight excluding hydrogens is 428 g/mol. The van der Waals surface area contributed by atoms with Gasteiger partial charge in [-0.25, -0.2) is 4.39 Å². The summed E-state index contributed by atoms with van der Waals surface area (Å²) in [7, 11) is 3.10. The lowest BCUT2D eigenvalue weighted by atomic mass is 9.96. The number of ether oxygens (including phenoxy) is 2. The molecule has 158 valence electrons. The minimum Gasteiger partial charge on any atom is -0.493 e. The molecule has 2 atom stereocenters. The Morgan fingerprint density at radius 1 is 0.867 bits per heavy atom. The maximum absolute atomic E-state index is 13.3. The fraction of sp³-hybridized carbons (Fsp3) is 0.217. The molecule has 0 aromatic heterocycles. The summed E-state index contributed by atoms with van der Waals surface area (Å²) in [6, 6.07) is 16.3. The summed E-state index contributed by atoms with van der Waals surface area (Å²) < 4.78 is 23.9. The van der Waals surface area contributed by atoms with Gasteiger partial charge in [0.2, 0.25) is 0 Å². The van der Waals surface area contributed by atoms with Crippen LogP contribution in [0.25, 0.3) is 0 Å². The first kappa shape index (κ1) is 22.2. The highest BCUT2D eigenvalue weighted by Gasteiger charge is 2.20. The molecule has 7 heteroatoms. The molecule has 3 rings (SSSR count). The number of hydrogen-bond donors (Lipinski definition) is 2. The van der Waals surface area contributed by atoms with E-state index >= 15 is 0 Å². The van der Waals surface area contributed by atoms with Gasteiger partial charge in [-0.3, -0.25) is 0 Å². The number of nitrogens with one attached hydrogen (secondary N) is 1. The number of hydrogen-bond acceptors (Lipinski definition) is 4. The minimum atomic E-state index is -0.808. The molecule has 0 amide bonds. The zero-order valence-corrected chi connectivity index (χ0v) is 18.0. The van der Waals surface area contributed by atoms with Gasteiger partial charge in [0.15, 0.2) is 11.5 Å². The summed E-state index contributed by atoms with van der Waals surface area (Å²) in [5.41, 5.74) is 2.24. The van der Waals surface area contributed by atoms with Crippen LogP contribution in [0.5, 0.6) is 11.5 Å². The van der Waals surface area contributed by atoms with Crippen molar-refractivity contribution in [3.05, 3.63) is 87.7 Å². The predicted molar refractivity (Wildman–Crippen MR) is 118 cm³/mol. The van der Waals surface area contributed by atoms with E-state index in [1.807, 2.05) is 6.07 Å². The molecule has 3 aromatic rings. The largest absolute Gasteiger partial charge is 0.493 e. The van der Waals surface area contributed by atoms with Crippen molar-refractivity contribution < 1.29 is 19.0 Å². The van der Waals surface area contributed by atoms with Gasteiger partial charge < -0.3 is 19.9 Å². The van der Waals surface area contributed by atoms with Gasteiger partial charge in [0.25, 0.3) is 0 Å². The highest BCUT2D eigenvalue weighted by atomic mass is 35.5. The molecule has 0 aliphatic heterocycles. The highest BCUT2D eigenvalue weighted by Crippen LogP contribution is 2.36. The van der Waals surface area contributed by atoms with Crippen LogP contribution in [0.15, 0.2) is 60.7 Å². The van der Waals surface area contributed by atoms with Gasteiger partial charge in [0, 0.05) is 12.1 Å². The fourth-order valence-electron chi connectivity index (χ4n) is 3.17. The molecule has 0 aliphatic carbocycles. The Labute approximate surface area is 185 Å². The number of aliphatic hydroxyl groups excluding tert-OH is 1. The lowest BCUT2D eigenvalue weighted by Gasteiger charge is -2.24. The summed E-state index contributed by atoms with van der Waals surface area (Å²) in [5, 5.41) is 15.1. The van der Waals surface area contributed by atoms with Crippen LogP contribution >= 0.6 is 23.2 Å². The van der Waals surface area contributed by atoms with Crippen LogP contribution in [-0.2, 0) is 0 Å². The number of rotatable bonds is 8. The van der Waals surface area contributed by atoms with Crippen molar-refractivity contribution in [1.29, 1.82) is 0 Å². The van der Waals surface area contributed by atoms with Gasteiger partial charge >= 0.3 is 0 Å². The zero-order chi connectivity index (χ0) is 21.7. The molecule has 0 heterocycles. The van der Waals surface area contributed by atoms with Gasteiger partial charge in [-0.2, -0.15) is 0 Å². The van der Waals surface area contributed by atoms with E-state index in [0.717, 1.165) is 5.56 Å².